The van der Waals surface area contributed by atoms with Gasteiger partial charge in [-0.3, -0.25) is 9.69 Å². The van der Waals surface area contributed by atoms with Crippen LogP contribution in [0.15, 0.2) is 0 Å². The van der Waals surface area contributed by atoms with Crippen molar-refractivity contribution in [3.63, 3.8) is 0 Å². The van der Waals surface area contributed by atoms with E-state index in [1.807, 2.05) is 0 Å². The quantitative estimate of drug-likeness (QED) is 0.737. The van der Waals surface area contributed by atoms with E-state index in [0.29, 0.717) is 12.5 Å². The normalized spacial score (nSPS) is 23.6. The van der Waals surface area contributed by atoms with Gasteiger partial charge < -0.3 is 5.11 Å². The molecule has 0 amide bonds. The van der Waals surface area contributed by atoms with Crippen molar-refractivity contribution in [1.29, 1.82) is 0 Å². The van der Waals surface area contributed by atoms with E-state index in [1.54, 1.807) is 0 Å². The molecule has 0 spiro atoms. The van der Waals surface area contributed by atoms with E-state index in [-0.39, 0.29) is 0 Å². The third-order valence-electron chi connectivity index (χ3n) is 2.98. The fourth-order valence-electron chi connectivity index (χ4n) is 2.25. The predicted molar refractivity (Wildman–Crippen MR) is 56.4 cm³/mol. The molecule has 0 aliphatic carbocycles. The zero-order valence-corrected chi connectivity index (χ0v) is 9.04. The van der Waals surface area contributed by atoms with Gasteiger partial charge in [0.1, 0.15) is 0 Å². The fourth-order valence-corrected chi connectivity index (χ4v) is 2.25. The molecule has 0 saturated carbocycles. The van der Waals surface area contributed by atoms with Gasteiger partial charge >= 0.3 is 5.97 Å². The maximum absolute atomic E-state index is 10.5. The Morgan fingerprint density at radius 3 is 2.93 bits per heavy atom. The van der Waals surface area contributed by atoms with E-state index in [1.165, 1.54) is 32.1 Å². The van der Waals surface area contributed by atoms with Crippen LogP contribution >= 0.6 is 0 Å². The molecular weight excluding hydrogens is 178 g/mol. The van der Waals surface area contributed by atoms with E-state index < -0.39 is 5.97 Å². The minimum atomic E-state index is -0.675. The number of rotatable bonds is 5. The van der Waals surface area contributed by atoms with Gasteiger partial charge in [0.05, 0.1) is 6.42 Å². The molecule has 14 heavy (non-hydrogen) atoms. The molecule has 0 aromatic carbocycles. The molecule has 1 N–H and O–H groups in total. The predicted octanol–water partition coefficient (Wildman–Crippen LogP) is 2.12. The van der Waals surface area contributed by atoms with Crippen molar-refractivity contribution in [3.05, 3.63) is 0 Å². The molecule has 82 valence electrons. The number of likely N-dealkylation sites (tertiary alicyclic amines) is 1. The highest BCUT2D eigenvalue weighted by molar-refractivity contribution is 5.66. The first-order valence-corrected chi connectivity index (χ1v) is 5.70. The second-order valence-electron chi connectivity index (χ2n) is 4.12. The Bertz CT molecular complexity index is 180. The van der Waals surface area contributed by atoms with Gasteiger partial charge in [0.25, 0.3) is 0 Å². The molecule has 3 heteroatoms. The monoisotopic (exact) mass is 199 g/mol. The van der Waals surface area contributed by atoms with Crippen molar-refractivity contribution in [1.82, 2.24) is 4.90 Å². The highest BCUT2D eigenvalue weighted by atomic mass is 16.4. The summed E-state index contributed by atoms with van der Waals surface area (Å²) in [5, 5.41) is 8.63. The molecule has 1 aliphatic rings. The van der Waals surface area contributed by atoms with E-state index in [9.17, 15) is 4.79 Å². The largest absolute Gasteiger partial charge is 0.481 e. The standard InChI is InChI=1S/C11H21NO2/c1-2-5-10-6-3-4-8-12(10)9-7-11(13)14/h10H,2-9H2,1H3,(H,13,14). The summed E-state index contributed by atoms with van der Waals surface area (Å²) in [4.78, 5) is 12.8. The van der Waals surface area contributed by atoms with Crippen LogP contribution in [-0.4, -0.2) is 35.1 Å². The molecule has 1 atom stereocenters. The van der Waals surface area contributed by atoms with E-state index in [2.05, 4.69) is 11.8 Å². The van der Waals surface area contributed by atoms with E-state index in [0.717, 1.165) is 13.1 Å². The highest BCUT2D eigenvalue weighted by Crippen LogP contribution is 2.20. The molecule has 0 radical (unpaired) electrons. The number of hydrogen-bond acceptors (Lipinski definition) is 2. The van der Waals surface area contributed by atoms with Gasteiger partial charge in [-0.1, -0.05) is 19.8 Å². The smallest absolute Gasteiger partial charge is 0.304 e. The fraction of sp³-hybridized carbons (Fsp3) is 0.909. The molecule has 0 bridgehead atoms. The van der Waals surface area contributed by atoms with Crippen molar-refractivity contribution in [2.45, 2.75) is 51.5 Å². The molecule has 1 unspecified atom stereocenters. The molecular formula is C11H21NO2. The van der Waals surface area contributed by atoms with Gasteiger partial charge in [-0.2, -0.15) is 0 Å². The number of hydrogen-bond donors (Lipinski definition) is 1. The maximum Gasteiger partial charge on any atom is 0.304 e. The number of carbonyl (C=O) groups is 1. The number of carboxylic acid groups (broad SMARTS) is 1. The van der Waals surface area contributed by atoms with E-state index >= 15 is 0 Å². The van der Waals surface area contributed by atoms with Gasteiger partial charge in [-0.25, -0.2) is 0 Å². The first-order valence-electron chi connectivity index (χ1n) is 5.70. The molecule has 3 nitrogen and oxygen atoms in total. The Kier molecular flexibility index (Phi) is 4.94. The Balaban J connectivity index is 2.33. The molecule has 1 saturated heterocycles. The zero-order valence-electron chi connectivity index (χ0n) is 9.04. The second kappa shape index (κ2) is 6.02. The minimum absolute atomic E-state index is 0.292. The lowest BCUT2D eigenvalue weighted by atomic mass is 9.98. The maximum atomic E-state index is 10.5. The van der Waals surface area contributed by atoms with Crippen LogP contribution < -0.4 is 0 Å². The van der Waals surface area contributed by atoms with Crippen LogP contribution in [0.4, 0.5) is 0 Å². The van der Waals surface area contributed by atoms with Crippen LogP contribution in [0.25, 0.3) is 0 Å². The summed E-state index contributed by atoms with van der Waals surface area (Å²) in [6, 6.07) is 0.646. The molecule has 0 aromatic heterocycles. The van der Waals surface area contributed by atoms with Gasteiger partial charge in [0.15, 0.2) is 0 Å². The van der Waals surface area contributed by atoms with Crippen molar-refractivity contribution in [2.75, 3.05) is 13.1 Å². The lowest BCUT2D eigenvalue weighted by Crippen LogP contribution is -2.40. The second-order valence-corrected chi connectivity index (χ2v) is 4.12. The summed E-state index contributed by atoms with van der Waals surface area (Å²) in [6.45, 7) is 4.03. The van der Waals surface area contributed by atoms with Gasteiger partial charge in [-0.15, -0.1) is 0 Å². The summed E-state index contributed by atoms with van der Waals surface area (Å²) in [5.74, 6) is -0.675. The number of piperidine rings is 1. The number of carboxylic acids is 1. The summed E-state index contributed by atoms with van der Waals surface area (Å²) in [7, 11) is 0. The summed E-state index contributed by atoms with van der Waals surface area (Å²) in [5.41, 5.74) is 0. The average molecular weight is 199 g/mol. The minimum Gasteiger partial charge on any atom is -0.481 e. The van der Waals surface area contributed by atoms with Gasteiger partial charge in [0.2, 0.25) is 0 Å². The lowest BCUT2D eigenvalue weighted by molar-refractivity contribution is -0.137. The summed E-state index contributed by atoms with van der Waals surface area (Å²) < 4.78 is 0. The first kappa shape index (κ1) is 11.5. The summed E-state index contributed by atoms with van der Waals surface area (Å²) >= 11 is 0. The Hall–Kier alpha value is -0.570. The topological polar surface area (TPSA) is 40.5 Å². The van der Waals surface area contributed by atoms with Crippen molar-refractivity contribution >= 4 is 5.97 Å². The SMILES string of the molecule is CCCC1CCCCN1CCC(=O)O. The molecule has 1 aliphatic heterocycles. The highest BCUT2D eigenvalue weighted by Gasteiger charge is 2.21. The summed E-state index contributed by atoms with van der Waals surface area (Å²) in [6.07, 6.45) is 6.52. The first-order chi connectivity index (χ1) is 6.74. The van der Waals surface area contributed by atoms with Gasteiger partial charge in [-0.05, 0) is 25.8 Å². The Morgan fingerprint density at radius 2 is 2.29 bits per heavy atom. The number of aliphatic carboxylic acids is 1. The zero-order chi connectivity index (χ0) is 10.4. The van der Waals surface area contributed by atoms with Crippen LogP contribution in [-0.2, 0) is 4.79 Å². The molecule has 1 heterocycles. The van der Waals surface area contributed by atoms with Crippen LogP contribution in [0, 0.1) is 0 Å². The van der Waals surface area contributed by atoms with Crippen LogP contribution in [0.2, 0.25) is 0 Å². The van der Waals surface area contributed by atoms with E-state index in [4.69, 9.17) is 5.11 Å². The lowest BCUT2D eigenvalue weighted by Gasteiger charge is -2.35. The Morgan fingerprint density at radius 1 is 1.50 bits per heavy atom. The van der Waals surface area contributed by atoms with Crippen molar-refractivity contribution in [2.24, 2.45) is 0 Å². The average Bonchev–Trinajstić information content (AvgIpc) is 2.17. The molecule has 0 aromatic rings. The molecule has 1 fully saturated rings. The van der Waals surface area contributed by atoms with Gasteiger partial charge in [0, 0.05) is 12.6 Å². The Labute approximate surface area is 86.1 Å². The van der Waals surface area contributed by atoms with Crippen molar-refractivity contribution < 1.29 is 9.90 Å². The van der Waals surface area contributed by atoms with Crippen molar-refractivity contribution in [3.8, 4) is 0 Å². The van der Waals surface area contributed by atoms with Crippen LogP contribution in [0.1, 0.15) is 45.4 Å². The molecule has 1 rings (SSSR count). The van der Waals surface area contributed by atoms with Crippen LogP contribution in [0.5, 0.6) is 0 Å². The third kappa shape index (κ3) is 3.66. The third-order valence-corrected chi connectivity index (χ3v) is 2.98. The van der Waals surface area contributed by atoms with Crippen LogP contribution in [0.3, 0.4) is 0 Å². The number of nitrogens with zero attached hydrogens (tertiary/aromatic N) is 1.